The van der Waals surface area contributed by atoms with Crippen LogP contribution in [0.25, 0.3) is 0 Å². The largest absolute Gasteiger partial charge is 0.383 e. The van der Waals surface area contributed by atoms with Gasteiger partial charge in [0.15, 0.2) is 5.82 Å². The van der Waals surface area contributed by atoms with Gasteiger partial charge in [0.2, 0.25) is 5.89 Å². The lowest BCUT2D eigenvalue weighted by molar-refractivity contribution is 0.161. The molecule has 1 N–H and O–H groups in total. The van der Waals surface area contributed by atoms with Gasteiger partial charge >= 0.3 is 0 Å². The van der Waals surface area contributed by atoms with Gasteiger partial charge in [-0.25, -0.2) is 0 Å². The summed E-state index contributed by atoms with van der Waals surface area (Å²) in [7, 11) is 1.68. The van der Waals surface area contributed by atoms with Gasteiger partial charge in [0.25, 0.3) is 0 Å². The molecule has 0 amide bonds. The molecule has 25 heavy (non-hydrogen) atoms. The van der Waals surface area contributed by atoms with Gasteiger partial charge in [0.1, 0.15) is 5.82 Å². The second kappa shape index (κ2) is 8.87. The predicted molar refractivity (Wildman–Crippen MR) is 93.1 cm³/mol. The Hall–Kier alpha value is -2.06. The molecule has 0 saturated carbocycles. The first-order valence-corrected chi connectivity index (χ1v) is 8.80. The number of aryl methyl sites for hydroxylation is 1. The quantitative estimate of drug-likeness (QED) is 0.722. The zero-order chi connectivity index (χ0) is 17.5. The minimum absolute atomic E-state index is 0.586. The average Bonchev–Trinajstić information content (AvgIpc) is 3.02. The van der Waals surface area contributed by atoms with Crippen LogP contribution in [0, 0.1) is 12.8 Å². The molecule has 136 valence electrons. The summed E-state index contributed by atoms with van der Waals surface area (Å²) in [6.45, 7) is 6.07. The number of ether oxygens (including phenoxy) is 1. The van der Waals surface area contributed by atoms with Crippen molar-refractivity contribution >= 4 is 5.82 Å². The van der Waals surface area contributed by atoms with Crippen molar-refractivity contribution in [1.29, 1.82) is 0 Å². The van der Waals surface area contributed by atoms with Crippen molar-refractivity contribution in [2.75, 3.05) is 38.7 Å². The Balaban J connectivity index is 1.48. The van der Waals surface area contributed by atoms with E-state index in [1.165, 1.54) is 12.8 Å². The number of nitrogens with one attached hydrogen (secondary N) is 1. The molecule has 3 rings (SSSR count). The van der Waals surface area contributed by atoms with Crippen molar-refractivity contribution < 1.29 is 9.26 Å². The summed E-state index contributed by atoms with van der Waals surface area (Å²) in [5, 5.41) is 15.8. The highest BCUT2D eigenvalue weighted by Crippen LogP contribution is 2.21. The molecule has 1 aliphatic rings. The molecular weight excluding hydrogens is 320 g/mol. The molecular formula is C17H26N6O2. The highest BCUT2D eigenvalue weighted by molar-refractivity contribution is 5.32. The Labute approximate surface area is 148 Å². The van der Waals surface area contributed by atoms with Crippen molar-refractivity contribution in [1.82, 2.24) is 25.2 Å². The van der Waals surface area contributed by atoms with E-state index in [0.717, 1.165) is 49.9 Å². The summed E-state index contributed by atoms with van der Waals surface area (Å²) in [6, 6.07) is 4.05. The summed E-state index contributed by atoms with van der Waals surface area (Å²) in [5.74, 6) is 2.77. The van der Waals surface area contributed by atoms with Crippen LogP contribution in [0.5, 0.6) is 0 Å². The molecule has 0 aliphatic carbocycles. The Morgan fingerprint density at radius 1 is 1.36 bits per heavy atom. The first-order chi connectivity index (χ1) is 12.2. The molecule has 0 spiro atoms. The molecule has 2 aromatic heterocycles. The van der Waals surface area contributed by atoms with E-state index in [-0.39, 0.29) is 0 Å². The number of piperidine rings is 1. The van der Waals surface area contributed by atoms with Gasteiger partial charge in [-0.3, -0.25) is 4.90 Å². The zero-order valence-electron chi connectivity index (χ0n) is 14.9. The fourth-order valence-corrected chi connectivity index (χ4v) is 3.21. The lowest BCUT2D eigenvalue weighted by atomic mass is 9.93. The van der Waals surface area contributed by atoms with Gasteiger partial charge in [-0.05, 0) is 43.9 Å². The number of methoxy groups -OCH3 is 1. The number of rotatable bonds is 8. The van der Waals surface area contributed by atoms with Gasteiger partial charge in [-0.2, -0.15) is 10.1 Å². The third-order valence-corrected chi connectivity index (χ3v) is 4.37. The maximum absolute atomic E-state index is 5.05. The van der Waals surface area contributed by atoms with Crippen molar-refractivity contribution in [3.05, 3.63) is 29.5 Å². The molecule has 1 atom stereocenters. The highest BCUT2D eigenvalue weighted by atomic mass is 16.5. The van der Waals surface area contributed by atoms with Crippen LogP contribution in [0.1, 0.15) is 30.3 Å². The molecule has 8 heteroatoms. The van der Waals surface area contributed by atoms with Crippen molar-refractivity contribution in [2.45, 2.75) is 32.7 Å². The Kier molecular flexibility index (Phi) is 6.30. The van der Waals surface area contributed by atoms with Crippen LogP contribution < -0.4 is 5.32 Å². The number of hydrogen-bond acceptors (Lipinski definition) is 8. The molecule has 0 aromatic carbocycles. The molecule has 0 bridgehead atoms. The van der Waals surface area contributed by atoms with E-state index in [1.54, 1.807) is 7.11 Å². The molecule has 0 radical (unpaired) electrons. The fraction of sp³-hybridized carbons (Fsp3) is 0.647. The van der Waals surface area contributed by atoms with Gasteiger partial charge in [0, 0.05) is 27.1 Å². The summed E-state index contributed by atoms with van der Waals surface area (Å²) in [4.78, 5) is 6.69. The molecule has 2 aromatic rings. The maximum Gasteiger partial charge on any atom is 0.223 e. The molecule has 3 heterocycles. The van der Waals surface area contributed by atoms with Gasteiger partial charge in [-0.15, -0.1) is 5.10 Å². The Bertz CT molecular complexity index is 645. The molecule has 1 aliphatic heterocycles. The summed E-state index contributed by atoms with van der Waals surface area (Å²) in [5.41, 5.74) is 1.04. The number of anilines is 1. The minimum atomic E-state index is 0.586. The van der Waals surface area contributed by atoms with Gasteiger partial charge in [-0.1, -0.05) is 5.16 Å². The van der Waals surface area contributed by atoms with E-state index in [0.29, 0.717) is 18.4 Å². The second-order valence-corrected chi connectivity index (χ2v) is 6.51. The van der Waals surface area contributed by atoms with Crippen molar-refractivity contribution in [3.63, 3.8) is 0 Å². The van der Waals surface area contributed by atoms with Crippen LogP contribution in [0.15, 0.2) is 16.7 Å². The number of hydrogen-bond donors (Lipinski definition) is 1. The minimum Gasteiger partial charge on any atom is -0.383 e. The molecule has 1 fully saturated rings. The van der Waals surface area contributed by atoms with E-state index >= 15 is 0 Å². The molecule has 1 unspecified atom stereocenters. The number of likely N-dealkylation sites (tertiary alicyclic amines) is 1. The Morgan fingerprint density at radius 3 is 3.00 bits per heavy atom. The lowest BCUT2D eigenvalue weighted by Gasteiger charge is -2.31. The van der Waals surface area contributed by atoms with E-state index in [9.17, 15) is 0 Å². The molecule has 8 nitrogen and oxygen atoms in total. The Morgan fingerprint density at radius 2 is 2.28 bits per heavy atom. The van der Waals surface area contributed by atoms with Crippen molar-refractivity contribution in [3.8, 4) is 0 Å². The van der Waals surface area contributed by atoms with Crippen molar-refractivity contribution in [2.24, 2.45) is 5.92 Å². The number of aromatic nitrogens is 4. The van der Waals surface area contributed by atoms with Crippen LogP contribution in [0.3, 0.4) is 0 Å². The van der Waals surface area contributed by atoms with Gasteiger partial charge < -0.3 is 14.6 Å². The number of nitrogens with zero attached hydrogens (tertiary/aromatic N) is 5. The average molecular weight is 346 g/mol. The van der Waals surface area contributed by atoms with Crippen LogP contribution in [0.2, 0.25) is 0 Å². The van der Waals surface area contributed by atoms with Crippen LogP contribution in [-0.2, 0) is 17.7 Å². The maximum atomic E-state index is 5.05. The van der Waals surface area contributed by atoms with E-state index in [2.05, 4.69) is 36.6 Å². The summed E-state index contributed by atoms with van der Waals surface area (Å²) < 4.78 is 10.1. The first-order valence-electron chi connectivity index (χ1n) is 8.80. The fourth-order valence-electron chi connectivity index (χ4n) is 3.21. The summed E-state index contributed by atoms with van der Waals surface area (Å²) >= 11 is 0. The van der Waals surface area contributed by atoms with E-state index < -0.39 is 0 Å². The van der Waals surface area contributed by atoms with Crippen LogP contribution >= 0.6 is 0 Å². The topological polar surface area (TPSA) is 89.2 Å². The smallest absolute Gasteiger partial charge is 0.223 e. The third kappa shape index (κ3) is 5.47. The van der Waals surface area contributed by atoms with Crippen LogP contribution in [0.4, 0.5) is 5.82 Å². The predicted octanol–water partition coefficient (Wildman–Crippen LogP) is 1.68. The normalized spacial score (nSPS) is 18.4. The van der Waals surface area contributed by atoms with E-state index in [1.807, 2.05) is 13.0 Å². The zero-order valence-corrected chi connectivity index (χ0v) is 14.9. The third-order valence-electron chi connectivity index (χ3n) is 4.37. The van der Waals surface area contributed by atoms with E-state index in [4.69, 9.17) is 9.26 Å². The monoisotopic (exact) mass is 346 g/mol. The molecule has 1 saturated heterocycles. The first kappa shape index (κ1) is 17.8. The lowest BCUT2D eigenvalue weighted by Crippen LogP contribution is -2.36. The van der Waals surface area contributed by atoms with Gasteiger partial charge in [0.05, 0.1) is 18.8 Å². The SMILES string of the molecule is COCCNc1ccc(CC2CCCN(Cc3noc(C)n3)C2)nn1. The summed E-state index contributed by atoms with van der Waals surface area (Å²) in [6.07, 6.45) is 3.36. The standard InChI is InChI=1S/C17H26N6O2/c1-13-19-17(22-25-13)12-23-8-3-4-14(11-23)10-15-5-6-16(21-20-15)18-7-9-24-2/h5-6,14H,3-4,7-12H2,1-2H3,(H,18,21). The van der Waals surface area contributed by atoms with Crippen LogP contribution in [-0.4, -0.2) is 58.6 Å². The highest BCUT2D eigenvalue weighted by Gasteiger charge is 2.22. The second-order valence-electron chi connectivity index (χ2n) is 6.51.